The van der Waals surface area contributed by atoms with E-state index in [1.165, 1.54) is 22.3 Å². The first-order valence-corrected chi connectivity index (χ1v) is 8.40. The van der Waals surface area contributed by atoms with Crippen LogP contribution in [-0.2, 0) is 20.8 Å². The fourth-order valence-electron chi connectivity index (χ4n) is 2.55. The Morgan fingerprint density at radius 2 is 1.81 bits per heavy atom. The summed E-state index contributed by atoms with van der Waals surface area (Å²) in [4.78, 5) is 0. The molecule has 0 aliphatic heterocycles. The van der Waals surface area contributed by atoms with Crippen molar-refractivity contribution in [2.24, 2.45) is 5.16 Å². The maximum absolute atomic E-state index is 11.0. The third-order valence-electron chi connectivity index (χ3n) is 3.52. The zero-order valence-corrected chi connectivity index (χ0v) is 12.6. The van der Waals surface area contributed by atoms with Gasteiger partial charge in [-0.3, -0.25) is 4.28 Å². The lowest BCUT2D eigenvalue weighted by Gasteiger charge is -2.05. The second-order valence-corrected chi connectivity index (χ2v) is 6.72. The highest BCUT2D eigenvalue weighted by Gasteiger charge is 2.18. The van der Waals surface area contributed by atoms with E-state index in [0.29, 0.717) is 5.71 Å². The molecule has 0 saturated heterocycles. The number of benzene rings is 2. The van der Waals surface area contributed by atoms with E-state index >= 15 is 0 Å². The van der Waals surface area contributed by atoms with Crippen molar-refractivity contribution in [1.29, 1.82) is 0 Å². The Hall–Kier alpha value is -2.14. The van der Waals surface area contributed by atoms with E-state index < -0.39 is 10.1 Å². The van der Waals surface area contributed by atoms with Crippen LogP contribution in [0.3, 0.4) is 0 Å². The van der Waals surface area contributed by atoms with Gasteiger partial charge in [-0.1, -0.05) is 41.6 Å². The van der Waals surface area contributed by atoms with Gasteiger partial charge < -0.3 is 0 Å². The first-order chi connectivity index (χ1) is 9.94. The average Bonchev–Trinajstić information content (AvgIpc) is 2.81. The summed E-state index contributed by atoms with van der Waals surface area (Å²) in [5.41, 5.74) is 6.44. The van der Waals surface area contributed by atoms with Gasteiger partial charge in [-0.2, -0.15) is 8.42 Å². The Bertz CT molecular complexity index is 838. The molecule has 0 saturated carbocycles. The summed E-state index contributed by atoms with van der Waals surface area (Å²) in [6, 6.07) is 14.4. The van der Waals surface area contributed by atoms with Crippen molar-refractivity contribution >= 4 is 15.8 Å². The number of rotatable bonds is 3. The average molecular weight is 301 g/mol. The maximum atomic E-state index is 11.0. The fraction of sp³-hybridized carbons (Fsp3) is 0.188. The molecule has 0 spiro atoms. The van der Waals surface area contributed by atoms with E-state index in [1.807, 2.05) is 24.3 Å². The predicted molar refractivity (Wildman–Crippen MR) is 82.8 cm³/mol. The molecule has 0 amide bonds. The highest BCUT2D eigenvalue weighted by Crippen LogP contribution is 2.36. The first-order valence-electron chi connectivity index (χ1n) is 6.59. The maximum Gasteiger partial charge on any atom is 0.325 e. The molecule has 1 aliphatic rings. The summed E-state index contributed by atoms with van der Waals surface area (Å²) in [6.45, 7) is 1.73. The van der Waals surface area contributed by atoms with Gasteiger partial charge in [0.1, 0.15) is 0 Å². The van der Waals surface area contributed by atoms with Gasteiger partial charge in [0.05, 0.1) is 12.0 Å². The molecule has 0 aromatic heterocycles. The molecule has 0 fully saturated rings. The summed E-state index contributed by atoms with van der Waals surface area (Å²) in [6.07, 6.45) is 1.86. The topological polar surface area (TPSA) is 55.7 Å². The Balaban J connectivity index is 1.94. The molecule has 4 nitrogen and oxygen atoms in total. The quantitative estimate of drug-likeness (QED) is 0.552. The Morgan fingerprint density at radius 3 is 2.57 bits per heavy atom. The minimum atomic E-state index is -3.57. The van der Waals surface area contributed by atoms with E-state index in [1.54, 1.807) is 6.92 Å². The SMILES string of the molecule is C/C(=N/OS(C)(=O)=O)c1ccc2c(c1)Cc1ccccc1-2. The molecule has 1 aliphatic carbocycles. The van der Waals surface area contributed by atoms with Gasteiger partial charge in [0, 0.05) is 0 Å². The molecule has 0 N–H and O–H groups in total. The molecule has 2 aromatic carbocycles. The molecule has 108 valence electrons. The zero-order chi connectivity index (χ0) is 15.0. The van der Waals surface area contributed by atoms with E-state index in [2.05, 4.69) is 27.6 Å². The molecule has 5 heteroatoms. The van der Waals surface area contributed by atoms with Crippen molar-refractivity contribution < 1.29 is 12.7 Å². The molecule has 0 radical (unpaired) electrons. The number of fused-ring (bicyclic) bond motifs is 3. The van der Waals surface area contributed by atoms with Crippen LogP contribution in [0.25, 0.3) is 11.1 Å². The second kappa shape index (κ2) is 5.00. The van der Waals surface area contributed by atoms with Crippen molar-refractivity contribution in [3.63, 3.8) is 0 Å². The van der Waals surface area contributed by atoms with Crippen LogP contribution in [0.4, 0.5) is 0 Å². The lowest BCUT2D eigenvalue weighted by atomic mass is 10.0. The second-order valence-electron chi connectivity index (χ2n) is 5.16. The van der Waals surface area contributed by atoms with Crippen LogP contribution in [0.5, 0.6) is 0 Å². The van der Waals surface area contributed by atoms with E-state index in [-0.39, 0.29) is 0 Å². The fourth-order valence-corrected chi connectivity index (χ4v) is 2.79. The van der Waals surface area contributed by atoms with Gasteiger partial charge in [0.25, 0.3) is 0 Å². The van der Waals surface area contributed by atoms with Crippen LogP contribution in [0.1, 0.15) is 23.6 Å². The van der Waals surface area contributed by atoms with Crippen molar-refractivity contribution in [1.82, 2.24) is 0 Å². The van der Waals surface area contributed by atoms with Gasteiger partial charge in [0.15, 0.2) is 0 Å². The highest BCUT2D eigenvalue weighted by molar-refractivity contribution is 7.85. The van der Waals surface area contributed by atoms with Gasteiger partial charge in [-0.15, -0.1) is 0 Å². The molecule has 2 aromatic rings. The van der Waals surface area contributed by atoms with Gasteiger partial charge in [-0.05, 0) is 47.2 Å². The normalized spacial score (nSPS) is 13.7. The van der Waals surface area contributed by atoms with E-state index in [0.717, 1.165) is 18.2 Å². The summed E-state index contributed by atoms with van der Waals surface area (Å²) in [5.74, 6) is 0. The summed E-state index contributed by atoms with van der Waals surface area (Å²) in [5, 5.41) is 3.67. The molecule has 3 rings (SSSR count). The Labute approximate surface area is 124 Å². The molecular weight excluding hydrogens is 286 g/mol. The van der Waals surface area contributed by atoms with Gasteiger partial charge in [0.2, 0.25) is 0 Å². The smallest absolute Gasteiger partial charge is 0.268 e. The van der Waals surface area contributed by atoms with Crippen LogP contribution < -0.4 is 0 Å². The zero-order valence-electron chi connectivity index (χ0n) is 11.8. The van der Waals surface area contributed by atoms with Crippen LogP contribution in [0.2, 0.25) is 0 Å². The van der Waals surface area contributed by atoms with E-state index in [9.17, 15) is 8.42 Å². The van der Waals surface area contributed by atoms with E-state index in [4.69, 9.17) is 0 Å². The molecule has 0 unspecified atom stereocenters. The molecular formula is C16H15NO3S. The minimum Gasteiger partial charge on any atom is -0.268 e. The van der Waals surface area contributed by atoms with Crippen molar-refractivity contribution in [3.8, 4) is 11.1 Å². The molecule has 0 atom stereocenters. The van der Waals surface area contributed by atoms with Gasteiger partial charge >= 0.3 is 10.1 Å². The molecule has 0 bridgehead atoms. The minimum absolute atomic E-state index is 0.541. The number of nitrogens with zero attached hydrogens (tertiary/aromatic N) is 1. The first kappa shape index (κ1) is 13.8. The van der Waals surface area contributed by atoms with Crippen molar-refractivity contribution in [2.45, 2.75) is 13.3 Å². The summed E-state index contributed by atoms with van der Waals surface area (Å²) in [7, 11) is -3.57. The monoisotopic (exact) mass is 301 g/mol. The molecule has 21 heavy (non-hydrogen) atoms. The summed E-state index contributed by atoms with van der Waals surface area (Å²) >= 11 is 0. The number of hydrogen-bond acceptors (Lipinski definition) is 4. The number of hydrogen-bond donors (Lipinski definition) is 0. The largest absolute Gasteiger partial charge is 0.325 e. The predicted octanol–water partition coefficient (Wildman–Crippen LogP) is 2.96. The lowest BCUT2D eigenvalue weighted by Crippen LogP contribution is -2.02. The molecule has 0 heterocycles. The number of oxime groups is 1. The standard InChI is InChI=1S/C16H15NO3S/c1-11(17-20-21(2,18)19)12-7-8-16-14(9-12)10-13-5-3-4-6-15(13)16/h3-9H,10H2,1-2H3/b17-11-. The lowest BCUT2D eigenvalue weighted by molar-refractivity contribution is 0.343. The van der Waals surface area contributed by atoms with Crippen molar-refractivity contribution in [3.05, 3.63) is 59.2 Å². The van der Waals surface area contributed by atoms with Crippen LogP contribution in [0.15, 0.2) is 47.6 Å². The van der Waals surface area contributed by atoms with Crippen LogP contribution in [0, 0.1) is 0 Å². The summed E-state index contributed by atoms with van der Waals surface area (Å²) < 4.78 is 26.4. The highest BCUT2D eigenvalue weighted by atomic mass is 32.2. The van der Waals surface area contributed by atoms with Crippen LogP contribution >= 0.6 is 0 Å². The third-order valence-corrected chi connectivity index (χ3v) is 3.87. The van der Waals surface area contributed by atoms with Crippen molar-refractivity contribution in [2.75, 3.05) is 6.26 Å². The Morgan fingerprint density at radius 1 is 1.10 bits per heavy atom. The third kappa shape index (κ3) is 2.83. The van der Waals surface area contributed by atoms with Gasteiger partial charge in [-0.25, -0.2) is 0 Å². The Kier molecular flexibility index (Phi) is 3.29. The van der Waals surface area contributed by atoms with Crippen LogP contribution in [-0.4, -0.2) is 20.4 Å².